The van der Waals surface area contributed by atoms with Crippen LogP contribution in [0.3, 0.4) is 0 Å². The van der Waals surface area contributed by atoms with E-state index in [0.717, 1.165) is 12.8 Å². The van der Waals surface area contributed by atoms with Crippen molar-refractivity contribution in [3.63, 3.8) is 0 Å². The Morgan fingerprint density at radius 3 is 1.93 bits per heavy atom. The number of Topliss-reactive ketones (excluding diaryl/α,β-unsaturated/α-hetero) is 1. The second kappa shape index (κ2) is 8.78. The number of likely N-dealkylation sites (tertiary alicyclic amines) is 1. The molecule has 1 heterocycles. The molecule has 0 bridgehead atoms. The average Bonchev–Trinajstić information content (AvgIpc) is 2.43. The van der Waals surface area contributed by atoms with Gasteiger partial charge in [-0.25, -0.2) is 0 Å². The summed E-state index contributed by atoms with van der Waals surface area (Å²) >= 11 is 0. The maximum absolute atomic E-state index is 12.0. The second-order valence-electron chi connectivity index (χ2n) is 10.4. The van der Waals surface area contributed by atoms with Crippen molar-refractivity contribution in [1.29, 1.82) is 0 Å². The number of carbonyl (C=O) groups is 2. The fraction of sp³-hybridized carbons (Fsp3) is 0.905. The first-order valence-corrected chi connectivity index (χ1v) is 10.2. The predicted octanol–water partition coefficient (Wildman–Crippen LogP) is 2.35. The smallest absolute Gasteiger partial charge is 0.306 e. The van der Waals surface area contributed by atoms with Crippen molar-refractivity contribution in [3.8, 4) is 0 Å². The zero-order valence-electron chi connectivity index (χ0n) is 19.1. The van der Waals surface area contributed by atoms with Gasteiger partial charge in [0.25, 0.3) is 0 Å². The highest BCUT2D eigenvalue weighted by atomic mass is 16.5. The Morgan fingerprint density at radius 2 is 1.50 bits per heavy atom. The monoisotopic (exact) mass is 399 g/mol. The van der Waals surface area contributed by atoms with E-state index in [1.165, 1.54) is 0 Å². The normalized spacial score (nSPS) is 20.8. The molecule has 0 atom stereocenters. The summed E-state index contributed by atoms with van der Waals surface area (Å²) < 4.78 is 11.4. The molecule has 1 rings (SSSR count). The fourth-order valence-corrected chi connectivity index (χ4v) is 4.21. The molecule has 1 aliphatic heterocycles. The SMILES string of the molecule is CC(C)(N)OC1CC(C)(C)N(CCOC(=O)CCC(=O)C(C)(C)N)C(C)(C)C1. The van der Waals surface area contributed by atoms with E-state index in [2.05, 4.69) is 32.6 Å². The molecular weight excluding hydrogens is 358 g/mol. The summed E-state index contributed by atoms with van der Waals surface area (Å²) in [5.74, 6) is -0.507. The van der Waals surface area contributed by atoms with Gasteiger partial charge in [0.05, 0.1) is 18.1 Å². The van der Waals surface area contributed by atoms with Crippen molar-refractivity contribution in [2.75, 3.05) is 13.2 Å². The van der Waals surface area contributed by atoms with Gasteiger partial charge in [-0.3, -0.25) is 14.5 Å². The van der Waals surface area contributed by atoms with Gasteiger partial charge in [0.15, 0.2) is 5.78 Å². The summed E-state index contributed by atoms with van der Waals surface area (Å²) in [6.07, 6.45) is 1.95. The zero-order chi connectivity index (χ0) is 22.0. The summed E-state index contributed by atoms with van der Waals surface area (Å²) in [6.45, 7) is 16.7. The highest BCUT2D eigenvalue weighted by Crippen LogP contribution is 2.40. The van der Waals surface area contributed by atoms with Crippen molar-refractivity contribution in [2.45, 2.75) is 110 Å². The van der Waals surface area contributed by atoms with E-state index in [0.29, 0.717) is 13.2 Å². The summed E-state index contributed by atoms with van der Waals surface area (Å²) in [4.78, 5) is 26.2. The topological polar surface area (TPSA) is 108 Å². The van der Waals surface area contributed by atoms with Crippen LogP contribution in [0.2, 0.25) is 0 Å². The minimum absolute atomic E-state index is 0.0632. The Labute approximate surface area is 170 Å². The summed E-state index contributed by atoms with van der Waals surface area (Å²) in [5, 5.41) is 0. The van der Waals surface area contributed by atoms with Crippen LogP contribution < -0.4 is 11.5 Å². The fourth-order valence-electron chi connectivity index (χ4n) is 4.21. The van der Waals surface area contributed by atoms with Crippen molar-refractivity contribution in [3.05, 3.63) is 0 Å². The first-order valence-electron chi connectivity index (χ1n) is 10.2. The maximum Gasteiger partial charge on any atom is 0.306 e. The Balaban J connectivity index is 2.57. The lowest BCUT2D eigenvalue weighted by atomic mass is 9.78. The van der Waals surface area contributed by atoms with E-state index in [-0.39, 0.29) is 41.8 Å². The third-order valence-electron chi connectivity index (χ3n) is 5.24. The van der Waals surface area contributed by atoms with E-state index in [1.54, 1.807) is 13.8 Å². The maximum atomic E-state index is 12.0. The number of nitrogens with two attached hydrogens (primary N) is 2. The Morgan fingerprint density at radius 1 is 1.00 bits per heavy atom. The average molecular weight is 400 g/mol. The molecule has 0 aliphatic carbocycles. The van der Waals surface area contributed by atoms with Crippen LogP contribution in [0.5, 0.6) is 0 Å². The molecule has 0 aromatic rings. The molecule has 0 aromatic heterocycles. The predicted molar refractivity (Wildman–Crippen MR) is 111 cm³/mol. The molecule has 0 radical (unpaired) electrons. The van der Waals surface area contributed by atoms with Gasteiger partial charge in [-0.1, -0.05) is 0 Å². The number of nitrogens with zero attached hydrogens (tertiary/aromatic N) is 1. The van der Waals surface area contributed by atoms with Crippen molar-refractivity contribution in [1.82, 2.24) is 4.90 Å². The first kappa shape index (κ1) is 25.0. The van der Waals surface area contributed by atoms with Crippen molar-refractivity contribution < 1.29 is 19.1 Å². The zero-order valence-corrected chi connectivity index (χ0v) is 19.1. The highest BCUT2D eigenvalue weighted by molar-refractivity contribution is 5.89. The minimum atomic E-state index is -0.918. The molecule has 7 heteroatoms. The molecule has 28 heavy (non-hydrogen) atoms. The molecule has 0 saturated carbocycles. The van der Waals surface area contributed by atoms with Gasteiger partial charge in [-0.2, -0.15) is 0 Å². The van der Waals surface area contributed by atoms with Gasteiger partial charge in [0, 0.05) is 24.0 Å². The summed E-state index contributed by atoms with van der Waals surface area (Å²) in [7, 11) is 0. The minimum Gasteiger partial charge on any atom is -0.464 e. The molecular formula is C21H41N3O4. The van der Waals surface area contributed by atoms with Gasteiger partial charge < -0.3 is 20.9 Å². The first-order chi connectivity index (χ1) is 12.4. The van der Waals surface area contributed by atoms with Crippen LogP contribution in [0.1, 0.15) is 81.1 Å². The van der Waals surface area contributed by atoms with Crippen LogP contribution in [0.4, 0.5) is 0 Å². The summed E-state index contributed by atoms with van der Waals surface area (Å²) in [5.41, 5.74) is 9.97. The molecule has 0 unspecified atom stereocenters. The van der Waals surface area contributed by atoms with E-state index in [1.807, 2.05) is 13.8 Å². The van der Waals surface area contributed by atoms with E-state index >= 15 is 0 Å². The van der Waals surface area contributed by atoms with Gasteiger partial charge in [-0.05, 0) is 68.2 Å². The van der Waals surface area contributed by atoms with Crippen molar-refractivity contribution >= 4 is 11.8 Å². The molecule has 7 nitrogen and oxygen atoms in total. The van der Waals surface area contributed by atoms with Gasteiger partial charge >= 0.3 is 5.97 Å². The van der Waals surface area contributed by atoms with Gasteiger partial charge in [-0.15, -0.1) is 0 Å². The number of ether oxygens (including phenoxy) is 2. The van der Waals surface area contributed by atoms with Crippen molar-refractivity contribution in [2.24, 2.45) is 11.5 Å². The van der Waals surface area contributed by atoms with Gasteiger partial charge in [0.1, 0.15) is 12.3 Å². The van der Waals surface area contributed by atoms with Crippen LogP contribution >= 0.6 is 0 Å². The number of esters is 1. The highest BCUT2D eigenvalue weighted by Gasteiger charge is 2.46. The molecule has 4 N–H and O–H groups in total. The molecule has 1 saturated heterocycles. The number of piperidine rings is 1. The third kappa shape index (κ3) is 7.78. The molecule has 0 spiro atoms. The number of rotatable bonds is 9. The third-order valence-corrected chi connectivity index (χ3v) is 5.24. The Kier molecular flexibility index (Phi) is 7.84. The van der Waals surface area contributed by atoms with Crippen LogP contribution in [-0.2, 0) is 19.1 Å². The Bertz CT molecular complexity index is 541. The molecule has 164 valence electrons. The van der Waals surface area contributed by atoms with Crippen LogP contribution in [0, 0.1) is 0 Å². The molecule has 0 amide bonds. The quantitative estimate of drug-likeness (QED) is 0.452. The van der Waals surface area contributed by atoms with E-state index in [4.69, 9.17) is 20.9 Å². The lowest BCUT2D eigenvalue weighted by Gasteiger charge is -2.55. The van der Waals surface area contributed by atoms with Crippen LogP contribution in [0.15, 0.2) is 0 Å². The second-order valence-corrected chi connectivity index (χ2v) is 10.4. The molecule has 1 aliphatic rings. The van der Waals surface area contributed by atoms with Crippen LogP contribution in [0.25, 0.3) is 0 Å². The molecule has 1 fully saturated rings. The number of carbonyl (C=O) groups excluding carboxylic acids is 2. The lowest BCUT2D eigenvalue weighted by molar-refractivity contribution is -0.158. The standard InChI is InChI=1S/C21H41N3O4/c1-18(2)13-15(28-21(7,8)23)14-19(3,4)24(18)11-12-27-17(26)10-9-16(25)20(5,6)22/h15H,9-14,22-23H2,1-8H3. The lowest BCUT2D eigenvalue weighted by Crippen LogP contribution is -2.63. The number of ketones is 1. The van der Waals surface area contributed by atoms with Crippen LogP contribution in [-0.4, -0.2) is 58.2 Å². The van der Waals surface area contributed by atoms with Gasteiger partial charge in [0.2, 0.25) is 0 Å². The molecule has 0 aromatic carbocycles. The largest absolute Gasteiger partial charge is 0.464 e. The Hall–Kier alpha value is -1.02. The number of hydrogen-bond acceptors (Lipinski definition) is 7. The summed E-state index contributed by atoms with van der Waals surface area (Å²) in [6, 6.07) is 0. The number of hydrogen-bond donors (Lipinski definition) is 2. The van der Waals surface area contributed by atoms with E-state index < -0.39 is 11.3 Å². The van der Waals surface area contributed by atoms with E-state index in [9.17, 15) is 9.59 Å².